The number of hydrogen-bond donors (Lipinski definition) is 3. The molecule has 0 aliphatic carbocycles. The lowest BCUT2D eigenvalue weighted by atomic mass is 10.0. The zero-order valence-corrected chi connectivity index (χ0v) is 45.6. The molecule has 70 heavy (non-hydrogen) atoms. The molecule has 6 heteroatoms. The maximum Gasteiger partial charge on any atom is 0.306 e. The molecule has 3 N–H and O–H groups in total. The maximum atomic E-state index is 13.2. The van der Waals surface area contributed by atoms with Crippen LogP contribution in [0.5, 0.6) is 0 Å². The Morgan fingerprint density at radius 2 is 0.800 bits per heavy atom. The number of esters is 1. The van der Waals surface area contributed by atoms with Gasteiger partial charge in [-0.2, -0.15) is 0 Å². The average Bonchev–Trinajstić information content (AvgIpc) is 3.35. The fourth-order valence-electron chi connectivity index (χ4n) is 8.20. The van der Waals surface area contributed by atoms with E-state index in [-0.39, 0.29) is 24.9 Å². The smallest absolute Gasteiger partial charge is 0.306 e. The minimum atomic E-state index is -0.832. The Kier molecular flexibility index (Phi) is 53.6. The molecule has 0 saturated carbocycles. The van der Waals surface area contributed by atoms with Crippen molar-refractivity contribution in [2.24, 2.45) is 0 Å². The van der Waals surface area contributed by atoms with Gasteiger partial charge >= 0.3 is 5.97 Å². The van der Waals surface area contributed by atoms with Gasteiger partial charge in [-0.3, -0.25) is 9.59 Å². The van der Waals surface area contributed by atoms with E-state index >= 15 is 0 Å². The van der Waals surface area contributed by atoms with Crippen LogP contribution in [0.25, 0.3) is 0 Å². The molecule has 400 valence electrons. The summed E-state index contributed by atoms with van der Waals surface area (Å²) < 4.78 is 5.84. The number of aliphatic hydroxyl groups excluding tert-OH is 2. The van der Waals surface area contributed by atoms with E-state index in [2.05, 4.69) is 123 Å². The van der Waals surface area contributed by atoms with E-state index in [0.29, 0.717) is 19.3 Å². The lowest BCUT2D eigenvalue weighted by Crippen LogP contribution is -2.46. The number of rotatable bonds is 51. The number of nitrogens with one attached hydrogen (secondary N) is 1. The van der Waals surface area contributed by atoms with Gasteiger partial charge in [-0.25, -0.2) is 0 Å². The number of amides is 1. The molecule has 0 heterocycles. The zero-order chi connectivity index (χ0) is 50.9. The van der Waals surface area contributed by atoms with Gasteiger partial charge in [-0.15, -0.1) is 0 Å². The van der Waals surface area contributed by atoms with Crippen molar-refractivity contribution in [3.05, 3.63) is 109 Å². The predicted octanol–water partition coefficient (Wildman–Crippen LogP) is 18.2. The second-order valence-electron chi connectivity index (χ2n) is 19.3. The Hall–Kier alpha value is -3.48. The fourth-order valence-corrected chi connectivity index (χ4v) is 8.20. The van der Waals surface area contributed by atoms with Crippen LogP contribution in [-0.4, -0.2) is 46.9 Å². The Bertz CT molecular complexity index is 1420. The lowest BCUT2D eigenvalue weighted by molar-refractivity contribution is -0.148. The Balaban J connectivity index is 4.76. The minimum absolute atomic E-state index is 0.0620. The van der Waals surface area contributed by atoms with Gasteiger partial charge in [0, 0.05) is 6.42 Å². The normalized spacial score (nSPS) is 14.0. The molecule has 0 spiro atoms. The van der Waals surface area contributed by atoms with Crippen LogP contribution in [0.15, 0.2) is 109 Å². The highest BCUT2D eigenvalue weighted by molar-refractivity contribution is 5.78. The molecular weight excluding hydrogens is 863 g/mol. The first-order valence-electron chi connectivity index (χ1n) is 29.1. The third-order valence-corrected chi connectivity index (χ3v) is 12.6. The van der Waals surface area contributed by atoms with E-state index in [1.807, 2.05) is 6.08 Å². The van der Waals surface area contributed by atoms with E-state index in [1.54, 1.807) is 6.08 Å². The summed E-state index contributed by atoms with van der Waals surface area (Å²) in [5.74, 6) is -0.659. The van der Waals surface area contributed by atoms with Crippen LogP contribution in [0.1, 0.15) is 258 Å². The van der Waals surface area contributed by atoms with Crippen LogP contribution in [0.3, 0.4) is 0 Å². The predicted molar refractivity (Wildman–Crippen MR) is 305 cm³/mol. The summed E-state index contributed by atoms with van der Waals surface area (Å²) in [7, 11) is 0. The summed E-state index contributed by atoms with van der Waals surface area (Å²) in [5, 5.41) is 23.8. The third-order valence-electron chi connectivity index (χ3n) is 12.6. The van der Waals surface area contributed by atoms with Crippen LogP contribution in [-0.2, 0) is 14.3 Å². The molecule has 1 amide bonds. The van der Waals surface area contributed by atoms with Gasteiger partial charge in [0.1, 0.15) is 6.10 Å². The van der Waals surface area contributed by atoms with Gasteiger partial charge in [-0.1, -0.05) is 259 Å². The van der Waals surface area contributed by atoms with Crippen LogP contribution >= 0.6 is 0 Å². The van der Waals surface area contributed by atoms with Crippen molar-refractivity contribution in [3.8, 4) is 0 Å². The van der Waals surface area contributed by atoms with Gasteiger partial charge in [-0.05, 0) is 96.0 Å². The van der Waals surface area contributed by atoms with Gasteiger partial charge in [0.2, 0.25) is 5.91 Å². The number of ether oxygens (including phenoxy) is 1. The Morgan fingerprint density at radius 1 is 0.443 bits per heavy atom. The fraction of sp³-hybridized carbons (Fsp3) is 0.688. The average molecular weight is 973 g/mol. The molecule has 0 radical (unpaired) electrons. The monoisotopic (exact) mass is 972 g/mol. The highest BCUT2D eigenvalue weighted by Crippen LogP contribution is 2.16. The van der Waals surface area contributed by atoms with Crippen molar-refractivity contribution in [1.82, 2.24) is 5.32 Å². The van der Waals surface area contributed by atoms with Gasteiger partial charge in [0.05, 0.1) is 25.2 Å². The lowest BCUT2D eigenvalue weighted by Gasteiger charge is -2.23. The molecule has 0 aromatic rings. The molecule has 0 aromatic carbocycles. The number of unbranched alkanes of at least 4 members (excludes halogenated alkanes) is 23. The molecule has 0 saturated heterocycles. The topological polar surface area (TPSA) is 95.9 Å². The number of allylic oxidation sites excluding steroid dienone is 17. The second kappa shape index (κ2) is 56.4. The highest BCUT2D eigenvalue weighted by atomic mass is 16.5. The highest BCUT2D eigenvalue weighted by Gasteiger charge is 2.23. The summed E-state index contributed by atoms with van der Waals surface area (Å²) in [6, 6.07) is -0.756. The van der Waals surface area contributed by atoms with E-state index in [9.17, 15) is 19.8 Å². The second-order valence-corrected chi connectivity index (χ2v) is 19.3. The molecule has 0 aliphatic rings. The molecule has 0 aliphatic heterocycles. The summed E-state index contributed by atoms with van der Waals surface area (Å²) in [5.41, 5.74) is 0. The number of aliphatic hydroxyl groups is 2. The van der Waals surface area contributed by atoms with E-state index in [4.69, 9.17) is 4.74 Å². The van der Waals surface area contributed by atoms with E-state index < -0.39 is 18.2 Å². The van der Waals surface area contributed by atoms with Crippen molar-refractivity contribution in [2.45, 2.75) is 277 Å². The van der Waals surface area contributed by atoms with Crippen molar-refractivity contribution in [2.75, 3.05) is 6.61 Å². The SMILES string of the molecule is CC/C=C\C/C=C\C/C=C\C/C=C\C/C=C\C/C=C\C(CC(=O)NC(CO)C(O)CCCCCCCCCCCCCCCCCCC)OC(=O)CCCCCC/C=C\C/C=C\C/C=C\CCCCC. The molecule has 0 rings (SSSR count). The van der Waals surface area contributed by atoms with E-state index in [0.717, 1.165) is 96.3 Å². The standard InChI is InChI=1S/C64H109NO5/c1-4-7-10-13-16-19-22-25-28-31-34-37-40-43-46-49-52-55-60(70-64(69)57-54-51-48-45-42-39-36-33-30-27-24-21-18-15-12-9-6-3)58-63(68)65-61(59-66)62(67)56-53-50-47-44-41-38-35-32-29-26-23-20-17-14-11-8-5-2/h7,10,16,18-19,21,25,27-28,30,34,36-37,39,43,46,52,55,60-62,66-67H,4-6,8-9,11-15,17,20,22-24,26,29,31-33,35,38,40-42,44-45,47-51,53-54,56-59H2,1-3H3,(H,65,68)/b10-7-,19-16-,21-18-,28-25-,30-27-,37-34-,39-36-,46-43-,55-52-. The van der Waals surface area contributed by atoms with Crippen molar-refractivity contribution < 1.29 is 24.5 Å². The van der Waals surface area contributed by atoms with Crippen molar-refractivity contribution in [1.29, 1.82) is 0 Å². The van der Waals surface area contributed by atoms with Crippen LogP contribution in [0.4, 0.5) is 0 Å². The molecule has 6 nitrogen and oxygen atoms in total. The first-order chi connectivity index (χ1) is 34.5. The van der Waals surface area contributed by atoms with Crippen molar-refractivity contribution >= 4 is 11.9 Å². The maximum absolute atomic E-state index is 13.2. The molecule has 3 atom stereocenters. The summed E-state index contributed by atoms with van der Waals surface area (Å²) in [6.45, 7) is 6.32. The summed E-state index contributed by atoms with van der Waals surface area (Å²) in [6.07, 6.45) is 77.5. The van der Waals surface area contributed by atoms with Gasteiger partial charge < -0.3 is 20.3 Å². The molecule has 0 fully saturated rings. The van der Waals surface area contributed by atoms with Crippen molar-refractivity contribution in [3.63, 3.8) is 0 Å². The van der Waals surface area contributed by atoms with Crippen LogP contribution in [0.2, 0.25) is 0 Å². The molecule has 0 bridgehead atoms. The number of hydrogen-bond acceptors (Lipinski definition) is 5. The first-order valence-corrected chi connectivity index (χ1v) is 29.1. The number of carbonyl (C=O) groups excluding carboxylic acids is 2. The minimum Gasteiger partial charge on any atom is -0.458 e. The van der Waals surface area contributed by atoms with E-state index in [1.165, 1.54) is 116 Å². The van der Waals surface area contributed by atoms with Gasteiger partial charge in [0.15, 0.2) is 0 Å². The molecular formula is C64H109NO5. The quantitative estimate of drug-likeness (QED) is 0.0321. The zero-order valence-electron chi connectivity index (χ0n) is 45.6. The molecule has 0 aromatic heterocycles. The van der Waals surface area contributed by atoms with Crippen LogP contribution in [0, 0.1) is 0 Å². The first kappa shape index (κ1) is 66.5. The summed E-state index contributed by atoms with van der Waals surface area (Å²) >= 11 is 0. The van der Waals surface area contributed by atoms with Gasteiger partial charge in [0.25, 0.3) is 0 Å². The Morgan fingerprint density at radius 3 is 1.24 bits per heavy atom. The summed E-state index contributed by atoms with van der Waals surface area (Å²) in [4.78, 5) is 26.2. The number of carbonyl (C=O) groups is 2. The largest absolute Gasteiger partial charge is 0.458 e. The van der Waals surface area contributed by atoms with Crippen LogP contribution < -0.4 is 5.32 Å². The Labute approximate surface area is 432 Å². The molecule has 3 unspecified atom stereocenters. The third kappa shape index (κ3) is 50.9.